The van der Waals surface area contributed by atoms with Crippen LogP contribution in [0.25, 0.3) is 22.6 Å². The van der Waals surface area contributed by atoms with Crippen molar-refractivity contribution in [3.05, 3.63) is 54.5 Å². The summed E-state index contributed by atoms with van der Waals surface area (Å²) in [7, 11) is 0. The molecule has 21 heteroatoms. The molecule has 0 bridgehead atoms. The Labute approximate surface area is 277 Å². The summed E-state index contributed by atoms with van der Waals surface area (Å²) < 4.78 is 215. The minimum atomic E-state index is -8.18. The molecule has 1 aromatic carbocycles. The van der Waals surface area contributed by atoms with Gasteiger partial charge in [-0.15, -0.1) is 0 Å². The van der Waals surface area contributed by atoms with Crippen LogP contribution in [-0.4, -0.2) is 62.8 Å². The minimum Gasteiger partial charge on any atom is -0.481 e. The van der Waals surface area contributed by atoms with Gasteiger partial charge in [0, 0.05) is 24.4 Å². The molecule has 0 N–H and O–H groups in total. The van der Waals surface area contributed by atoms with Crippen molar-refractivity contribution >= 4 is 5.97 Å². The fourth-order valence-electron chi connectivity index (χ4n) is 4.64. The fraction of sp³-hybridized carbons (Fsp3) is 0.467. The van der Waals surface area contributed by atoms with Gasteiger partial charge in [-0.2, -0.15) is 65.9 Å². The van der Waals surface area contributed by atoms with E-state index in [9.17, 15) is 61.9 Å². The molecule has 280 valence electrons. The van der Waals surface area contributed by atoms with Gasteiger partial charge in [-0.25, -0.2) is 15.0 Å². The van der Waals surface area contributed by atoms with Crippen LogP contribution in [0.2, 0.25) is 0 Å². The summed E-state index contributed by atoms with van der Waals surface area (Å²) in [5.41, 5.74) is -1.20. The van der Waals surface area contributed by atoms with Crippen LogP contribution < -0.4 is 9.47 Å². The quantitative estimate of drug-likeness (QED) is 0.0749. The average molecular weight is 757 g/mol. The van der Waals surface area contributed by atoms with Crippen molar-refractivity contribution < 1.29 is 80.1 Å². The monoisotopic (exact) mass is 757 g/mol. The van der Waals surface area contributed by atoms with Crippen LogP contribution in [-0.2, 0) is 10.7 Å². The lowest BCUT2D eigenvalue weighted by molar-refractivity contribution is -0.441. The number of unbranched alkanes of at least 4 members (excludes halogenated alkanes) is 2. The van der Waals surface area contributed by atoms with E-state index in [0.717, 1.165) is 18.9 Å². The van der Waals surface area contributed by atoms with Crippen LogP contribution in [0.3, 0.4) is 0 Å². The molecule has 3 heterocycles. The van der Waals surface area contributed by atoms with Crippen molar-refractivity contribution in [3.8, 4) is 34.1 Å². The molecule has 0 amide bonds. The third-order valence-corrected chi connectivity index (χ3v) is 7.57. The molecule has 0 spiro atoms. The molecule has 1 aliphatic heterocycles. The van der Waals surface area contributed by atoms with Crippen LogP contribution in [0.1, 0.15) is 44.7 Å². The molecule has 0 fully saturated rings. The van der Waals surface area contributed by atoms with E-state index in [1.807, 2.05) is 6.92 Å². The largest absolute Gasteiger partial charge is 0.481 e. The van der Waals surface area contributed by atoms with Gasteiger partial charge < -0.3 is 9.47 Å². The number of rotatable bonds is 13. The number of benzene rings is 1. The summed E-state index contributed by atoms with van der Waals surface area (Å²) in [6.07, 6.45) is -9.43. The Hall–Kier alpha value is -4.33. The molecule has 2 aromatic heterocycles. The molecular formula is C30H22F15N3O3. The van der Waals surface area contributed by atoms with E-state index < -0.39 is 77.3 Å². The van der Waals surface area contributed by atoms with E-state index in [1.165, 1.54) is 36.7 Å². The van der Waals surface area contributed by atoms with Gasteiger partial charge in [0.2, 0.25) is 0 Å². The number of pyridine rings is 1. The molecule has 0 aliphatic carbocycles. The third kappa shape index (κ3) is 6.98. The van der Waals surface area contributed by atoms with Crippen molar-refractivity contribution in [2.45, 2.75) is 86.8 Å². The number of ether oxygens (including phenoxy) is 2. The smallest absolute Gasteiger partial charge is 0.460 e. The fourth-order valence-corrected chi connectivity index (χ4v) is 4.64. The van der Waals surface area contributed by atoms with Crippen LogP contribution in [0.5, 0.6) is 11.5 Å². The number of fused-ring (bicyclic) bond motifs is 1. The highest BCUT2D eigenvalue weighted by atomic mass is 19.4. The Kier molecular flexibility index (Phi) is 10.3. The first-order chi connectivity index (χ1) is 23.3. The van der Waals surface area contributed by atoms with Crippen LogP contribution in [0.4, 0.5) is 65.9 Å². The Morgan fingerprint density at radius 3 is 1.88 bits per heavy atom. The van der Waals surface area contributed by atoms with E-state index in [4.69, 9.17) is 4.74 Å². The second-order valence-electron chi connectivity index (χ2n) is 11.2. The molecule has 1 atom stereocenters. The lowest BCUT2D eigenvalue weighted by Gasteiger charge is -2.40. The summed E-state index contributed by atoms with van der Waals surface area (Å²) in [4.78, 5) is 23.3. The maximum absolute atomic E-state index is 15.1. The Balaban J connectivity index is 1.51. The SMILES string of the molecule is CCCCCC(=O)Oc1ccc(-c2cnc(-c3ccc4c(n3)C(F)(F)C(CC(F)(F)C(F)(F)C(F)(F)C(F)(F)C(F)(F)C(F)(F)F)O4)nc2)cc1. The van der Waals surface area contributed by atoms with Gasteiger partial charge in [0.1, 0.15) is 17.2 Å². The number of carbonyl (C=O) groups excluding carboxylic acids is 1. The lowest BCUT2D eigenvalue weighted by atomic mass is 9.90. The van der Waals surface area contributed by atoms with Gasteiger partial charge in [-0.3, -0.25) is 4.79 Å². The Morgan fingerprint density at radius 2 is 1.33 bits per heavy atom. The number of hydrogen-bond donors (Lipinski definition) is 0. The number of halogens is 15. The van der Waals surface area contributed by atoms with Gasteiger partial charge in [0.15, 0.2) is 17.6 Å². The van der Waals surface area contributed by atoms with Gasteiger partial charge in [-0.05, 0) is 36.2 Å². The maximum Gasteiger partial charge on any atom is 0.460 e. The highest BCUT2D eigenvalue weighted by Gasteiger charge is 2.91. The van der Waals surface area contributed by atoms with Crippen LogP contribution in [0, 0.1) is 0 Å². The van der Waals surface area contributed by atoms with Crippen molar-refractivity contribution in [1.82, 2.24) is 15.0 Å². The molecule has 0 saturated carbocycles. The van der Waals surface area contributed by atoms with Crippen molar-refractivity contribution in [2.75, 3.05) is 0 Å². The van der Waals surface area contributed by atoms with Crippen LogP contribution in [0.15, 0.2) is 48.8 Å². The topological polar surface area (TPSA) is 74.2 Å². The van der Waals surface area contributed by atoms with Gasteiger partial charge in [0.25, 0.3) is 0 Å². The summed E-state index contributed by atoms with van der Waals surface area (Å²) in [5.74, 6) is -45.4. The zero-order valence-electron chi connectivity index (χ0n) is 25.5. The van der Waals surface area contributed by atoms with Crippen molar-refractivity contribution in [2.24, 2.45) is 0 Å². The lowest BCUT2D eigenvalue weighted by Crippen LogP contribution is -2.70. The average Bonchev–Trinajstić information content (AvgIpc) is 3.28. The maximum atomic E-state index is 15.1. The van der Waals surface area contributed by atoms with Gasteiger partial charge >= 0.3 is 47.7 Å². The first-order valence-electron chi connectivity index (χ1n) is 14.5. The van der Waals surface area contributed by atoms with E-state index in [1.54, 1.807) is 0 Å². The Morgan fingerprint density at radius 1 is 0.765 bits per heavy atom. The van der Waals surface area contributed by atoms with Crippen molar-refractivity contribution in [1.29, 1.82) is 0 Å². The standard InChI is InChI=1S/C30H22F15N3O3/c1-2-3-4-5-21(49)50-17-8-6-15(7-9-17)16-13-46-23(47-14-16)18-10-11-19-22(48-18)25(33,34)20(51-19)12-24(31,32)26(35,36)27(37,38)28(39,40)29(41,42)30(43,44)45/h6-11,13-14,20H,2-5,12H2,1H3. The van der Waals surface area contributed by atoms with E-state index in [0.29, 0.717) is 23.6 Å². The molecule has 0 radical (unpaired) electrons. The minimum absolute atomic E-state index is 0.223. The summed E-state index contributed by atoms with van der Waals surface area (Å²) >= 11 is 0. The second-order valence-corrected chi connectivity index (χ2v) is 11.2. The number of carbonyl (C=O) groups is 1. The van der Waals surface area contributed by atoms with Gasteiger partial charge in [-0.1, -0.05) is 31.9 Å². The second kappa shape index (κ2) is 13.3. The van der Waals surface area contributed by atoms with Crippen LogP contribution >= 0.6 is 0 Å². The summed E-state index contributed by atoms with van der Waals surface area (Å²) in [6, 6.07) is 7.55. The predicted molar refractivity (Wildman–Crippen MR) is 144 cm³/mol. The molecule has 4 rings (SSSR count). The molecule has 1 aliphatic rings. The first kappa shape index (κ1) is 39.5. The summed E-state index contributed by atoms with van der Waals surface area (Å²) in [6.45, 7) is 1.97. The highest BCUT2D eigenvalue weighted by molar-refractivity contribution is 5.73. The number of hydrogen-bond acceptors (Lipinski definition) is 6. The number of aromatic nitrogens is 3. The molecule has 3 aromatic rings. The molecule has 6 nitrogen and oxygen atoms in total. The first-order valence-corrected chi connectivity index (χ1v) is 14.5. The zero-order chi connectivity index (χ0) is 38.4. The molecule has 0 saturated heterocycles. The molecule has 1 unspecified atom stereocenters. The third-order valence-electron chi connectivity index (χ3n) is 7.57. The Bertz CT molecular complexity index is 1710. The summed E-state index contributed by atoms with van der Waals surface area (Å²) in [5, 5.41) is 0. The number of esters is 1. The van der Waals surface area contributed by atoms with Gasteiger partial charge in [0.05, 0.1) is 6.42 Å². The normalized spacial score (nSPS) is 16.8. The zero-order valence-corrected chi connectivity index (χ0v) is 25.5. The van der Waals surface area contributed by atoms with Crippen molar-refractivity contribution in [3.63, 3.8) is 0 Å². The van der Waals surface area contributed by atoms with E-state index in [2.05, 4.69) is 19.7 Å². The van der Waals surface area contributed by atoms with E-state index >= 15 is 8.78 Å². The predicted octanol–water partition coefficient (Wildman–Crippen LogP) is 9.67. The number of nitrogens with zero attached hydrogens (tertiary/aromatic N) is 3. The molecular weight excluding hydrogens is 735 g/mol. The molecule has 51 heavy (non-hydrogen) atoms. The van der Waals surface area contributed by atoms with E-state index in [-0.39, 0.29) is 18.0 Å². The number of alkyl halides is 15. The highest BCUT2D eigenvalue weighted by Crippen LogP contribution is 2.61.